The van der Waals surface area contributed by atoms with E-state index in [-0.39, 0.29) is 23.8 Å². The maximum atomic E-state index is 12.9. The van der Waals surface area contributed by atoms with Gasteiger partial charge in [-0.25, -0.2) is 4.98 Å². The number of hydrogen-bond donors (Lipinski definition) is 0. The fourth-order valence-corrected chi connectivity index (χ4v) is 3.76. The van der Waals surface area contributed by atoms with Gasteiger partial charge in [0.05, 0.1) is 16.9 Å². The lowest BCUT2D eigenvalue weighted by atomic mass is 10.1. The van der Waals surface area contributed by atoms with Crippen LogP contribution in [0.3, 0.4) is 0 Å². The molecule has 7 nitrogen and oxygen atoms in total. The number of anilines is 2. The highest BCUT2D eigenvalue weighted by Gasteiger charge is 2.30. The maximum Gasteiger partial charge on any atom is 0.416 e. The van der Waals surface area contributed by atoms with Crippen molar-refractivity contribution in [3.63, 3.8) is 0 Å². The molecule has 31 heavy (non-hydrogen) atoms. The van der Waals surface area contributed by atoms with Gasteiger partial charge in [-0.05, 0) is 29.5 Å². The monoisotopic (exact) mass is 444 g/mol. The Labute approximate surface area is 178 Å². The molecule has 4 aromatic rings. The van der Waals surface area contributed by atoms with Crippen LogP contribution >= 0.6 is 11.3 Å². The fraction of sp³-hybridized carbons (Fsp3) is 0.150. The summed E-state index contributed by atoms with van der Waals surface area (Å²) in [4.78, 5) is 19.4. The first-order valence-electron chi connectivity index (χ1n) is 9.07. The molecule has 0 aliphatic rings. The van der Waals surface area contributed by atoms with Gasteiger partial charge in [0.1, 0.15) is 6.54 Å². The molecule has 0 aliphatic heterocycles. The number of amides is 1. The number of aromatic nitrogens is 5. The number of halogens is 3. The van der Waals surface area contributed by atoms with Gasteiger partial charge in [0.2, 0.25) is 11.7 Å². The van der Waals surface area contributed by atoms with Gasteiger partial charge in [-0.1, -0.05) is 30.3 Å². The Bertz CT molecular complexity index is 1200. The molecule has 0 radical (unpaired) electrons. The quantitative estimate of drug-likeness (QED) is 0.451. The van der Waals surface area contributed by atoms with E-state index in [0.717, 1.165) is 12.1 Å². The van der Waals surface area contributed by atoms with Crippen LogP contribution in [-0.4, -0.2) is 31.1 Å². The number of carbonyl (C=O) groups is 1. The number of rotatable bonds is 5. The molecule has 11 heteroatoms. The number of tetrazole rings is 1. The summed E-state index contributed by atoms with van der Waals surface area (Å²) in [7, 11) is 0. The number of carbonyl (C=O) groups excluding carboxylic acids is 1. The minimum Gasteiger partial charge on any atom is -0.274 e. The molecule has 2 heterocycles. The van der Waals surface area contributed by atoms with E-state index in [9.17, 15) is 18.0 Å². The van der Waals surface area contributed by atoms with Crippen LogP contribution < -0.4 is 4.90 Å². The molecule has 0 bridgehead atoms. The van der Waals surface area contributed by atoms with Gasteiger partial charge in [0.15, 0.2) is 5.13 Å². The predicted molar refractivity (Wildman–Crippen MR) is 109 cm³/mol. The molecule has 0 spiro atoms. The van der Waals surface area contributed by atoms with Gasteiger partial charge in [-0.2, -0.15) is 18.0 Å². The van der Waals surface area contributed by atoms with E-state index in [1.807, 2.05) is 30.3 Å². The minimum absolute atomic E-state index is 0.0798. The Morgan fingerprint density at radius 1 is 1.13 bits per heavy atom. The Hall–Kier alpha value is -3.60. The molecule has 0 saturated carbocycles. The van der Waals surface area contributed by atoms with Crippen molar-refractivity contribution < 1.29 is 18.0 Å². The van der Waals surface area contributed by atoms with Gasteiger partial charge < -0.3 is 0 Å². The Morgan fingerprint density at radius 2 is 1.90 bits per heavy atom. The summed E-state index contributed by atoms with van der Waals surface area (Å²) in [5.41, 5.74) is 0.722. The molecule has 4 rings (SSSR count). The van der Waals surface area contributed by atoms with Crippen LogP contribution in [-0.2, 0) is 17.5 Å². The van der Waals surface area contributed by atoms with E-state index in [1.54, 1.807) is 5.38 Å². The SMILES string of the molecule is CC(=O)N(c1ccccc1)c1nc(Cn2nnc(-c3cccc(C(F)(F)F)c3)n2)cs1. The van der Waals surface area contributed by atoms with Crippen molar-refractivity contribution in [3.05, 3.63) is 71.2 Å². The average molecular weight is 444 g/mol. The van der Waals surface area contributed by atoms with Gasteiger partial charge in [-0.15, -0.1) is 21.5 Å². The molecule has 0 N–H and O–H groups in total. The summed E-state index contributed by atoms with van der Waals surface area (Å²) in [6, 6.07) is 13.9. The van der Waals surface area contributed by atoms with Crippen LogP contribution in [0.2, 0.25) is 0 Å². The standard InChI is InChI=1S/C20H15F3N6OS/c1-13(30)29(17-8-3-2-4-9-17)19-24-16(12-31-19)11-28-26-18(25-27-28)14-6-5-7-15(10-14)20(21,22)23/h2-10,12H,11H2,1H3. The van der Waals surface area contributed by atoms with Crippen molar-refractivity contribution in [2.45, 2.75) is 19.6 Å². The minimum atomic E-state index is -4.45. The van der Waals surface area contributed by atoms with E-state index < -0.39 is 11.7 Å². The zero-order valence-corrected chi connectivity index (χ0v) is 16.9. The second kappa shape index (κ2) is 8.26. The van der Waals surface area contributed by atoms with Crippen molar-refractivity contribution in [1.82, 2.24) is 25.2 Å². The van der Waals surface area contributed by atoms with Crippen molar-refractivity contribution in [2.24, 2.45) is 0 Å². The lowest BCUT2D eigenvalue weighted by Gasteiger charge is -2.17. The Kier molecular flexibility index (Phi) is 5.51. The summed E-state index contributed by atoms with van der Waals surface area (Å²) < 4.78 is 38.8. The second-order valence-corrected chi connectivity index (χ2v) is 7.37. The zero-order chi connectivity index (χ0) is 22.0. The molecule has 0 fully saturated rings. The van der Waals surface area contributed by atoms with Crippen LogP contribution in [0.1, 0.15) is 18.2 Å². The third-order valence-electron chi connectivity index (χ3n) is 4.26. The number of para-hydroxylation sites is 1. The van der Waals surface area contributed by atoms with Crippen molar-refractivity contribution >= 4 is 28.1 Å². The molecular formula is C20H15F3N6OS. The largest absolute Gasteiger partial charge is 0.416 e. The van der Waals surface area contributed by atoms with Crippen LogP contribution in [0.15, 0.2) is 60.0 Å². The van der Waals surface area contributed by atoms with Crippen LogP contribution in [0, 0.1) is 0 Å². The first kappa shape index (κ1) is 20.7. The van der Waals surface area contributed by atoms with Gasteiger partial charge >= 0.3 is 6.18 Å². The van der Waals surface area contributed by atoms with Crippen molar-refractivity contribution in [1.29, 1.82) is 0 Å². The smallest absolute Gasteiger partial charge is 0.274 e. The fourth-order valence-electron chi connectivity index (χ4n) is 2.88. The number of nitrogens with zero attached hydrogens (tertiary/aromatic N) is 6. The summed E-state index contributed by atoms with van der Waals surface area (Å²) >= 11 is 1.29. The molecule has 2 aromatic carbocycles. The van der Waals surface area contributed by atoms with Gasteiger partial charge in [0.25, 0.3) is 0 Å². The summed E-state index contributed by atoms with van der Waals surface area (Å²) in [5.74, 6) is -0.103. The molecular weight excluding hydrogens is 429 g/mol. The number of benzene rings is 2. The van der Waals surface area contributed by atoms with Crippen molar-refractivity contribution in [2.75, 3.05) is 4.90 Å². The van der Waals surface area contributed by atoms with E-state index >= 15 is 0 Å². The topological polar surface area (TPSA) is 76.8 Å². The third-order valence-corrected chi connectivity index (χ3v) is 5.14. The van der Waals surface area contributed by atoms with Gasteiger partial charge in [-0.3, -0.25) is 9.69 Å². The lowest BCUT2D eigenvalue weighted by Crippen LogP contribution is -2.22. The zero-order valence-electron chi connectivity index (χ0n) is 16.1. The van der Waals surface area contributed by atoms with E-state index in [4.69, 9.17) is 0 Å². The molecule has 1 amide bonds. The summed E-state index contributed by atoms with van der Waals surface area (Å²) in [5, 5.41) is 14.2. The molecule has 0 aliphatic carbocycles. The van der Waals surface area contributed by atoms with Crippen LogP contribution in [0.5, 0.6) is 0 Å². The number of thiazole rings is 1. The summed E-state index contributed by atoms with van der Waals surface area (Å²) in [6.45, 7) is 1.61. The predicted octanol–water partition coefficient (Wildman–Crippen LogP) is 4.55. The molecule has 0 atom stereocenters. The Morgan fingerprint density at radius 3 is 2.61 bits per heavy atom. The van der Waals surface area contributed by atoms with Gasteiger partial charge in [0, 0.05) is 17.9 Å². The maximum absolute atomic E-state index is 12.9. The second-order valence-electron chi connectivity index (χ2n) is 6.53. The number of hydrogen-bond acceptors (Lipinski definition) is 6. The van der Waals surface area contributed by atoms with E-state index in [1.165, 1.54) is 40.1 Å². The first-order valence-corrected chi connectivity index (χ1v) is 9.95. The Balaban J connectivity index is 1.54. The molecule has 0 unspecified atom stereocenters. The highest BCUT2D eigenvalue weighted by molar-refractivity contribution is 7.14. The number of alkyl halides is 3. The van der Waals surface area contributed by atoms with E-state index in [0.29, 0.717) is 16.5 Å². The molecule has 2 aromatic heterocycles. The normalized spacial score (nSPS) is 11.5. The van der Waals surface area contributed by atoms with Crippen LogP contribution in [0.4, 0.5) is 24.0 Å². The lowest BCUT2D eigenvalue weighted by molar-refractivity contribution is -0.137. The highest BCUT2D eigenvalue weighted by Crippen LogP contribution is 2.31. The summed E-state index contributed by atoms with van der Waals surface area (Å²) in [6.07, 6.45) is -4.45. The molecule has 158 valence electrons. The molecule has 0 saturated heterocycles. The average Bonchev–Trinajstić information content (AvgIpc) is 3.38. The third kappa shape index (κ3) is 4.61. The van der Waals surface area contributed by atoms with E-state index in [2.05, 4.69) is 20.4 Å². The van der Waals surface area contributed by atoms with Crippen LogP contribution in [0.25, 0.3) is 11.4 Å². The van der Waals surface area contributed by atoms with Crippen molar-refractivity contribution in [3.8, 4) is 11.4 Å². The first-order chi connectivity index (χ1) is 14.8. The highest BCUT2D eigenvalue weighted by atomic mass is 32.1.